The summed E-state index contributed by atoms with van der Waals surface area (Å²) in [6, 6.07) is 1.15. The molecular formula is C14H28N2O. The molecular weight excluding hydrogens is 212 g/mol. The SMILES string of the molecule is CC1CCCCN1CCCN[C@H]1CCC[C@@H]1O. The highest BCUT2D eigenvalue weighted by Crippen LogP contribution is 2.19. The fourth-order valence-corrected chi connectivity index (χ4v) is 3.24. The average Bonchev–Trinajstić information content (AvgIpc) is 2.73. The Balaban J connectivity index is 1.56. The number of aliphatic hydroxyl groups excluding tert-OH is 1. The molecule has 2 aliphatic rings. The van der Waals surface area contributed by atoms with E-state index in [0.29, 0.717) is 6.04 Å². The maximum atomic E-state index is 9.71. The molecule has 1 aliphatic heterocycles. The molecule has 0 amide bonds. The minimum Gasteiger partial charge on any atom is -0.392 e. The number of nitrogens with zero attached hydrogens (tertiary/aromatic N) is 1. The van der Waals surface area contributed by atoms with Crippen LogP contribution in [0.1, 0.15) is 51.9 Å². The predicted molar refractivity (Wildman–Crippen MR) is 71.2 cm³/mol. The quantitative estimate of drug-likeness (QED) is 0.719. The van der Waals surface area contributed by atoms with Crippen molar-refractivity contribution in [1.29, 1.82) is 0 Å². The van der Waals surface area contributed by atoms with Crippen molar-refractivity contribution in [2.75, 3.05) is 19.6 Å². The molecule has 0 spiro atoms. The molecule has 1 saturated carbocycles. The van der Waals surface area contributed by atoms with Crippen LogP contribution in [0.25, 0.3) is 0 Å². The highest BCUT2D eigenvalue weighted by molar-refractivity contribution is 4.82. The van der Waals surface area contributed by atoms with Gasteiger partial charge in [0.1, 0.15) is 0 Å². The van der Waals surface area contributed by atoms with Gasteiger partial charge < -0.3 is 15.3 Å². The van der Waals surface area contributed by atoms with E-state index in [1.54, 1.807) is 0 Å². The monoisotopic (exact) mass is 240 g/mol. The molecule has 0 aromatic heterocycles. The van der Waals surface area contributed by atoms with Gasteiger partial charge in [-0.2, -0.15) is 0 Å². The van der Waals surface area contributed by atoms with Crippen molar-refractivity contribution in [3.8, 4) is 0 Å². The molecule has 1 saturated heterocycles. The average molecular weight is 240 g/mol. The molecule has 100 valence electrons. The molecule has 1 unspecified atom stereocenters. The third-order valence-electron chi connectivity index (χ3n) is 4.45. The maximum Gasteiger partial charge on any atom is 0.0693 e. The second-order valence-electron chi connectivity index (χ2n) is 5.79. The van der Waals surface area contributed by atoms with E-state index in [0.717, 1.165) is 25.4 Å². The number of piperidine rings is 1. The third kappa shape index (κ3) is 3.94. The molecule has 2 N–H and O–H groups in total. The molecule has 3 heteroatoms. The molecule has 2 fully saturated rings. The molecule has 0 radical (unpaired) electrons. The highest BCUT2D eigenvalue weighted by Gasteiger charge is 2.24. The Morgan fingerprint density at radius 2 is 2.06 bits per heavy atom. The Morgan fingerprint density at radius 3 is 2.76 bits per heavy atom. The normalized spacial score (nSPS) is 35.3. The lowest BCUT2D eigenvalue weighted by Crippen LogP contribution is -2.40. The summed E-state index contributed by atoms with van der Waals surface area (Å²) in [6.45, 7) is 5.92. The number of aliphatic hydroxyl groups is 1. The van der Waals surface area contributed by atoms with E-state index < -0.39 is 0 Å². The summed E-state index contributed by atoms with van der Waals surface area (Å²) < 4.78 is 0. The van der Waals surface area contributed by atoms with Crippen molar-refractivity contribution in [1.82, 2.24) is 10.2 Å². The van der Waals surface area contributed by atoms with Gasteiger partial charge in [0.2, 0.25) is 0 Å². The van der Waals surface area contributed by atoms with Gasteiger partial charge in [-0.1, -0.05) is 6.42 Å². The molecule has 1 aliphatic carbocycles. The Kier molecular flexibility index (Phi) is 5.26. The van der Waals surface area contributed by atoms with Crippen molar-refractivity contribution in [3.63, 3.8) is 0 Å². The molecule has 17 heavy (non-hydrogen) atoms. The van der Waals surface area contributed by atoms with E-state index in [2.05, 4.69) is 17.1 Å². The zero-order chi connectivity index (χ0) is 12.1. The molecule has 1 heterocycles. The standard InChI is InChI=1S/C14H28N2O/c1-12-6-2-3-10-16(12)11-5-9-15-13-7-4-8-14(13)17/h12-15,17H,2-11H2,1H3/t12?,13-,14-/m0/s1. The van der Waals surface area contributed by atoms with E-state index in [-0.39, 0.29) is 6.10 Å². The van der Waals surface area contributed by atoms with Crippen LogP contribution in [0, 0.1) is 0 Å². The maximum absolute atomic E-state index is 9.71. The van der Waals surface area contributed by atoms with Crippen molar-refractivity contribution in [2.45, 2.75) is 70.1 Å². The van der Waals surface area contributed by atoms with Crippen LogP contribution >= 0.6 is 0 Å². The lowest BCUT2D eigenvalue weighted by Gasteiger charge is -2.33. The Morgan fingerprint density at radius 1 is 1.18 bits per heavy atom. The topological polar surface area (TPSA) is 35.5 Å². The summed E-state index contributed by atoms with van der Waals surface area (Å²) in [5.41, 5.74) is 0. The predicted octanol–water partition coefficient (Wildman–Crippen LogP) is 1.75. The van der Waals surface area contributed by atoms with E-state index >= 15 is 0 Å². The fourth-order valence-electron chi connectivity index (χ4n) is 3.24. The zero-order valence-corrected chi connectivity index (χ0v) is 11.2. The summed E-state index contributed by atoms with van der Waals surface area (Å²) in [4.78, 5) is 2.62. The van der Waals surface area contributed by atoms with Crippen LogP contribution in [-0.2, 0) is 0 Å². The number of likely N-dealkylation sites (tertiary alicyclic amines) is 1. The van der Waals surface area contributed by atoms with E-state index in [1.807, 2.05) is 0 Å². The van der Waals surface area contributed by atoms with Crippen molar-refractivity contribution < 1.29 is 5.11 Å². The summed E-state index contributed by atoms with van der Waals surface area (Å²) in [6.07, 6.45) is 8.60. The van der Waals surface area contributed by atoms with Crippen LogP contribution < -0.4 is 5.32 Å². The van der Waals surface area contributed by atoms with Gasteiger partial charge in [0.15, 0.2) is 0 Å². The van der Waals surface area contributed by atoms with E-state index in [4.69, 9.17) is 0 Å². The minimum absolute atomic E-state index is 0.0936. The lowest BCUT2D eigenvalue weighted by atomic mass is 10.0. The summed E-state index contributed by atoms with van der Waals surface area (Å²) in [5.74, 6) is 0. The first-order valence-electron chi connectivity index (χ1n) is 7.43. The second-order valence-corrected chi connectivity index (χ2v) is 5.79. The van der Waals surface area contributed by atoms with Gasteiger partial charge in [0.05, 0.1) is 6.10 Å². The number of nitrogens with one attached hydrogen (secondary N) is 1. The van der Waals surface area contributed by atoms with Gasteiger partial charge in [-0.15, -0.1) is 0 Å². The molecule has 0 bridgehead atoms. The largest absolute Gasteiger partial charge is 0.392 e. The molecule has 2 rings (SSSR count). The zero-order valence-electron chi connectivity index (χ0n) is 11.2. The molecule has 3 nitrogen and oxygen atoms in total. The van der Waals surface area contributed by atoms with Crippen LogP contribution in [-0.4, -0.2) is 47.8 Å². The number of rotatable bonds is 5. The molecule has 0 aromatic carbocycles. The smallest absolute Gasteiger partial charge is 0.0693 e. The lowest BCUT2D eigenvalue weighted by molar-refractivity contribution is 0.142. The minimum atomic E-state index is -0.0936. The van der Waals surface area contributed by atoms with Crippen LogP contribution in [0.2, 0.25) is 0 Å². The second kappa shape index (κ2) is 6.72. The highest BCUT2D eigenvalue weighted by atomic mass is 16.3. The number of hydrogen-bond acceptors (Lipinski definition) is 3. The van der Waals surface area contributed by atoms with Gasteiger partial charge in [0.25, 0.3) is 0 Å². The van der Waals surface area contributed by atoms with Crippen LogP contribution in [0.15, 0.2) is 0 Å². The first-order valence-corrected chi connectivity index (χ1v) is 7.43. The van der Waals surface area contributed by atoms with Gasteiger partial charge >= 0.3 is 0 Å². The van der Waals surface area contributed by atoms with Crippen LogP contribution in [0.5, 0.6) is 0 Å². The van der Waals surface area contributed by atoms with Gasteiger partial charge in [-0.3, -0.25) is 0 Å². The summed E-state index contributed by atoms with van der Waals surface area (Å²) in [7, 11) is 0. The van der Waals surface area contributed by atoms with E-state index in [9.17, 15) is 5.11 Å². The van der Waals surface area contributed by atoms with Crippen molar-refractivity contribution in [2.24, 2.45) is 0 Å². The Labute approximate surface area is 106 Å². The van der Waals surface area contributed by atoms with Gasteiger partial charge in [0, 0.05) is 12.1 Å². The first kappa shape index (κ1) is 13.3. The van der Waals surface area contributed by atoms with Gasteiger partial charge in [-0.25, -0.2) is 0 Å². The third-order valence-corrected chi connectivity index (χ3v) is 4.45. The summed E-state index contributed by atoms with van der Waals surface area (Å²) >= 11 is 0. The van der Waals surface area contributed by atoms with Crippen LogP contribution in [0.4, 0.5) is 0 Å². The summed E-state index contributed by atoms with van der Waals surface area (Å²) in [5, 5.41) is 13.2. The fraction of sp³-hybridized carbons (Fsp3) is 1.00. The molecule has 0 aromatic rings. The van der Waals surface area contributed by atoms with Crippen LogP contribution in [0.3, 0.4) is 0 Å². The van der Waals surface area contributed by atoms with Gasteiger partial charge in [-0.05, 0) is 65.1 Å². The number of hydrogen-bond donors (Lipinski definition) is 2. The van der Waals surface area contributed by atoms with Crippen molar-refractivity contribution >= 4 is 0 Å². The molecule has 3 atom stereocenters. The Hall–Kier alpha value is -0.120. The van der Waals surface area contributed by atoms with E-state index in [1.165, 1.54) is 45.2 Å². The Bertz CT molecular complexity index is 222. The van der Waals surface area contributed by atoms with Crippen molar-refractivity contribution in [3.05, 3.63) is 0 Å². The first-order chi connectivity index (χ1) is 8.27.